The molecular formula is C19H24N4O2. The van der Waals surface area contributed by atoms with Crippen LogP contribution in [-0.4, -0.2) is 52.6 Å². The van der Waals surface area contributed by atoms with Gasteiger partial charge in [0.05, 0.1) is 23.3 Å². The molecule has 1 unspecified atom stereocenters. The Hall–Kier alpha value is -2.21. The van der Waals surface area contributed by atoms with Gasteiger partial charge >= 0.3 is 0 Å². The van der Waals surface area contributed by atoms with Crippen LogP contribution >= 0.6 is 0 Å². The van der Waals surface area contributed by atoms with E-state index in [2.05, 4.69) is 20.2 Å². The van der Waals surface area contributed by atoms with Crippen molar-refractivity contribution in [3.05, 3.63) is 30.5 Å². The van der Waals surface area contributed by atoms with Crippen molar-refractivity contribution < 1.29 is 9.53 Å². The summed E-state index contributed by atoms with van der Waals surface area (Å²) in [5.41, 5.74) is 1.73. The average molecular weight is 340 g/mol. The topological polar surface area (TPSA) is 67.4 Å². The maximum atomic E-state index is 12.2. The van der Waals surface area contributed by atoms with Gasteiger partial charge in [0, 0.05) is 19.6 Å². The van der Waals surface area contributed by atoms with Gasteiger partial charge in [-0.1, -0.05) is 12.1 Å². The molecule has 4 rings (SSSR count). The number of hydrogen-bond donors (Lipinski definition) is 1. The van der Waals surface area contributed by atoms with Gasteiger partial charge in [0.25, 0.3) is 0 Å². The van der Waals surface area contributed by atoms with Gasteiger partial charge in [-0.15, -0.1) is 0 Å². The van der Waals surface area contributed by atoms with Crippen LogP contribution in [0.25, 0.3) is 11.0 Å². The Morgan fingerprint density at radius 3 is 2.72 bits per heavy atom. The Bertz CT molecular complexity index is 743. The van der Waals surface area contributed by atoms with Crippen LogP contribution in [0.1, 0.15) is 32.1 Å². The number of hydrogen-bond acceptors (Lipinski definition) is 5. The molecule has 2 fully saturated rings. The number of nitrogens with zero attached hydrogens (tertiary/aromatic N) is 3. The molecule has 0 spiro atoms. The van der Waals surface area contributed by atoms with Gasteiger partial charge in [0.2, 0.25) is 11.8 Å². The molecule has 0 aliphatic carbocycles. The number of carbonyl (C=O) groups is 1. The van der Waals surface area contributed by atoms with E-state index in [1.807, 2.05) is 24.3 Å². The second-order valence-corrected chi connectivity index (χ2v) is 6.85. The number of ether oxygens (including phenoxy) is 1. The van der Waals surface area contributed by atoms with Crippen LogP contribution in [-0.2, 0) is 4.79 Å². The number of piperidine rings is 1. The van der Waals surface area contributed by atoms with Crippen molar-refractivity contribution in [2.75, 3.05) is 19.6 Å². The van der Waals surface area contributed by atoms with Gasteiger partial charge in [0.15, 0.2) is 0 Å². The van der Waals surface area contributed by atoms with Crippen LogP contribution in [0.15, 0.2) is 30.5 Å². The summed E-state index contributed by atoms with van der Waals surface area (Å²) in [6.45, 7) is 2.60. The molecule has 2 aliphatic heterocycles. The van der Waals surface area contributed by atoms with E-state index < -0.39 is 0 Å². The third-order valence-corrected chi connectivity index (χ3v) is 5.14. The van der Waals surface area contributed by atoms with Gasteiger partial charge in [-0.2, -0.15) is 0 Å². The number of fused-ring (bicyclic) bond motifs is 1. The van der Waals surface area contributed by atoms with Crippen molar-refractivity contribution in [2.24, 2.45) is 0 Å². The largest absolute Gasteiger partial charge is 0.473 e. The first-order valence-corrected chi connectivity index (χ1v) is 9.20. The normalized spacial score (nSPS) is 23.2. The SMILES string of the molecule is O=C1NCCCCC1N1CCC(Oc2cnc3ccccc3n2)CC1. The van der Waals surface area contributed by atoms with Crippen LogP contribution in [0.2, 0.25) is 0 Å². The molecule has 0 saturated carbocycles. The van der Waals surface area contributed by atoms with E-state index in [0.717, 1.165) is 62.8 Å². The highest BCUT2D eigenvalue weighted by atomic mass is 16.5. The van der Waals surface area contributed by atoms with Gasteiger partial charge in [-0.05, 0) is 44.2 Å². The lowest BCUT2D eigenvalue weighted by Crippen LogP contribution is -2.50. The number of aromatic nitrogens is 2. The zero-order valence-electron chi connectivity index (χ0n) is 14.4. The molecule has 1 aromatic heterocycles. The summed E-state index contributed by atoms with van der Waals surface area (Å²) >= 11 is 0. The number of likely N-dealkylation sites (tertiary alicyclic amines) is 1. The summed E-state index contributed by atoms with van der Waals surface area (Å²) in [6.07, 6.45) is 6.84. The molecule has 132 valence electrons. The van der Waals surface area contributed by atoms with Crippen molar-refractivity contribution in [2.45, 2.75) is 44.2 Å². The molecular weight excluding hydrogens is 316 g/mol. The molecule has 1 atom stereocenters. The van der Waals surface area contributed by atoms with E-state index in [0.29, 0.717) is 5.88 Å². The highest BCUT2D eigenvalue weighted by Gasteiger charge is 2.31. The molecule has 1 N–H and O–H groups in total. The van der Waals surface area contributed by atoms with Crippen LogP contribution in [0.4, 0.5) is 0 Å². The van der Waals surface area contributed by atoms with Gasteiger partial charge in [-0.3, -0.25) is 9.69 Å². The van der Waals surface area contributed by atoms with E-state index in [9.17, 15) is 4.79 Å². The highest BCUT2D eigenvalue weighted by molar-refractivity contribution is 5.82. The maximum Gasteiger partial charge on any atom is 0.237 e. The zero-order valence-corrected chi connectivity index (χ0v) is 14.4. The Morgan fingerprint density at radius 2 is 1.88 bits per heavy atom. The molecule has 0 bridgehead atoms. The molecule has 2 saturated heterocycles. The van der Waals surface area contributed by atoms with E-state index in [1.165, 1.54) is 0 Å². The number of para-hydroxylation sites is 2. The van der Waals surface area contributed by atoms with Gasteiger partial charge in [0.1, 0.15) is 6.10 Å². The minimum atomic E-state index is 0.0314. The van der Waals surface area contributed by atoms with E-state index in [-0.39, 0.29) is 18.1 Å². The number of carbonyl (C=O) groups excluding carboxylic acids is 1. The molecule has 6 heteroatoms. The molecule has 1 amide bonds. The van der Waals surface area contributed by atoms with Gasteiger partial charge in [-0.25, -0.2) is 9.97 Å². The first-order valence-electron chi connectivity index (χ1n) is 9.20. The molecule has 3 heterocycles. The van der Waals surface area contributed by atoms with Crippen molar-refractivity contribution in [1.29, 1.82) is 0 Å². The summed E-state index contributed by atoms with van der Waals surface area (Å²) in [4.78, 5) is 23.5. The van der Waals surface area contributed by atoms with Crippen molar-refractivity contribution >= 4 is 16.9 Å². The Balaban J connectivity index is 1.35. The number of rotatable bonds is 3. The fourth-order valence-electron chi connectivity index (χ4n) is 3.74. The minimum Gasteiger partial charge on any atom is -0.473 e. The molecule has 25 heavy (non-hydrogen) atoms. The Morgan fingerprint density at radius 1 is 1.08 bits per heavy atom. The quantitative estimate of drug-likeness (QED) is 0.927. The van der Waals surface area contributed by atoms with E-state index >= 15 is 0 Å². The fraction of sp³-hybridized carbons (Fsp3) is 0.526. The Labute approximate surface area is 147 Å². The predicted molar refractivity (Wildman–Crippen MR) is 95.4 cm³/mol. The standard InChI is InChI=1S/C19H24N4O2/c24-19-17(7-3-4-10-20-19)23-11-8-14(9-12-23)25-18-13-21-15-5-1-2-6-16(15)22-18/h1-2,5-6,13-14,17H,3-4,7-12H2,(H,20,24). The average Bonchev–Trinajstić information content (AvgIpc) is 2.87. The van der Waals surface area contributed by atoms with Crippen LogP contribution < -0.4 is 10.1 Å². The van der Waals surface area contributed by atoms with Crippen molar-refractivity contribution in [3.8, 4) is 5.88 Å². The molecule has 1 aromatic carbocycles. The number of amides is 1. The number of nitrogens with one attached hydrogen (secondary N) is 1. The summed E-state index contributed by atoms with van der Waals surface area (Å²) < 4.78 is 6.05. The van der Waals surface area contributed by atoms with Crippen LogP contribution in [0.3, 0.4) is 0 Å². The molecule has 2 aliphatic rings. The molecule has 2 aromatic rings. The zero-order chi connectivity index (χ0) is 17.1. The molecule has 0 radical (unpaired) electrons. The van der Waals surface area contributed by atoms with E-state index in [1.54, 1.807) is 6.20 Å². The second kappa shape index (κ2) is 7.35. The second-order valence-electron chi connectivity index (χ2n) is 6.85. The van der Waals surface area contributed by atoms with E-state index in [4.69, 9.17) is 4.74 Å². The third kappa shape index (κ3) is 3.74. The van der Waals surface area contributed by atoms with Crippen molar-refractivity contribution in [3.63, 3.8) is 0 Å². The third-order valence-electron chi connectivity index (χ3n) is 5.14. The summed E-state index contributed by atoms with van der Waals surface area (Å²) in [6, 6.07) is 7.84. The van der Waals surface area contributed by atoms with Crippen LogP contribution in [0, 0.1) is 0 Å². The van der Waals surface area contributed by atoms with Crippen molar-refractivity contribution in [1.82, 2.24) is 20.2 Å². The monoisotopic (exact) mass is 340 g/mol. The maximum absolute atomic E-state index is 12.2. The lowest BCUT2D eigenvalue weighted by atomic mass is 10.0. The van der Waals surface area contributed by atoms with Crippen LogP contribution in [0.5, 0.6) is 5.88 Å². The predicted octanol–water partition coefficient (Wildman–Crippen LogP) is 2.14. The lowest BCUT2D eigenvalue weighted by Gasteiger charge is -2.36. The number of benzene rings is 1. The summed E-state index contributed by atoms with van der Waals surface area (Å²) in [5, 5.41) is 3.03. The minimum absolute atomic E-state index is 0.0314. The Kier molecular flexibility index (Phi) is 4.78. The smallest absolute Gasteiger partial charge is 0.237 e. The fourth-order valence-corrected chi connectivity index (χ4v) is 3.74. The highest BCUT2D eigenvalue weighted by Crippen LogP contribution is 2.22. The lowest BCUT2D eigenvalue weighted by molar-refractivity contribution is -0.127. The molecule has 6 nitrogen and oxygen atoms in total. The summed E-state index contributed by atoms with van der Waals surface area (Å²) in [7, 11) is 0. The first kappa shape index (κ1) is 16.3. The summed E-state index contributed by atoms with van der Waals surface area (Å²) in [5.74, 6) is 0.779. The van der Waals surface area contributed by atoms with Gasteiger partial charge < -0.3 is 10.1 Å². The first-order chi connectivity index (χ1) is 12.3.